The van der Waals surface area contributed by atoms with Crippen LogP contribution in [0.2, 0.25) is 0 Å². The number of anilines is 1. The van der Waals surface area contributed by atoms with Gasteiger partial charge in [0.1, 0.15) is 35.1 Å². The SMILES string of the molecule is Nc1nc(C(=NCC(=O)O)C(=O)NC2C(=O)N3C(C(=O)O)=C(Cl)CS[C@@H]23)cs1. The van der Waals surface area contributed by atoms with Gasteiger partial charge in [-0.25, -0.2) is 9.78 Å². The van der Waals surface area contributed by atoms with Crippen molar-refractivity contribution >= 4 is 69.3 Å². The first kappa shape index (κ1) is 20.1. The average molecular weight is 446 g/mol. The van der Waals surface area contributed by atoms with Crippen LogP contribution in [0, 0.1) is 0 Å². The molecule has 1 aromatic heterocycles. The Morgan fingerprint density at radius 2 is 2.14 bits per heavy atom. The highest BCUT2D eigenvalue weighted by Crippen LogP contribution is 2.41. The standard InChI is InChI=1S/C14H12ClN5O6S2/c15-4-2-27-12-8(11(24)20(12)9(4)13(25)26)19-10(23)7(17-1-6(21)22)5-3-28-14(16)18-5/h3,8,12H,1-2H2,(H2,16,18)(H,19,23)(H,21,22)(H,25,26)/t8?,12-/m0/s1. The summed E-state index contributed by atoms with van der Waals surface area (Å²) >= 11 is 8.13. The van der Waals surface area contributed by atoms with Gasteiger partial charge in [0.2, 0.25) is 0 Å². The number of hydrogen-bond acceptors (Lipinski definition) is 9. The average Bonchev–Trinajstić information content (AvgIpc) is 3.05. The Bertz CT molecular complexity index is 944. The number of aromatic nitrogens is 1. The number of amides is 2. The molecule has 2 aliphatic heterocycles. The summed E-state index contributed by atoms with van der Waals surface area (Å²) in [4.78, 5) is 55.8. The van der Waals surface area contributed by atoms with Crippen LogP contribution in [0.3, 0.4) is 0 Å². The fraction of sp³-hybridized carbons (Fsp3) is 0.286. The molecule has 2 aliphatic rings. The van der Waals surface area contributed by atoms with E-state index in [0.29, 0.717) is 0 Å². The molecule has 0 saturated carbocycles. The molecule has 1 unspecified atom stereocenters. The van der Waals surface area contributed by atoms with Gasteiger partial charge < -0.3 is 21.3 Å². The molecule has 1 saturated heterocycles. The van der Waals surface area contributed by atoms with Gasteiger partial charge in [-0.15, -0.1) is 23.1 Å². The third-order valence-electron chi connectivity index (χ3n) is 3.76. The number of carboxylic acids is 2. The van der Waals surface area contributed by atoms with E-state index in [2.05, 4.69) is 15.3 Å². The Morgan fingerprint density at radius 3 is 2.71 bits per heavy atom. The number of nitrogens with two attached hydrogens (primary N) is 1. The van der Waals surface area contributed by atoms with E-state index in [1.807, 2.05) is 0 Å². The number of carbonyl (C=O) groups excluding carboxylic acids is 2. The third kappa shape index (κ3) is 3.68. The van der Waals surface area contributed by atoms with Crippen LogP contribution in [0.5, 0.6) is 0 Å². The summed E-state index contributed by atoms with van der Waals surface area (Å²) in [5.74, 6) is -3.88. The van der Waals surface area contributed by atoms with Gasteiger partial charge >= 0.3 is 11.9 Å². The third-order valence-corrected chi connectivity index (χ3v) is 6.19. The van der Waals surface area contributed by atoms with Crippen molar-refractivity contribution < 1.29 is 29.4 Å². The van der Waals surface area contributed by atoms with Crippen molar-refractivity contribution in [1.29, 1.82) is 0 Å². The normalized spacial score (nSPS) is 21.8. The van der Waals surface area contributed by atoms with Crippen molar-refractivity contribution in [3.8, 4) is 0 Å². The van der Waals surface area contributed by atoms with Crippen LogP contribution in [-0.2, 0) is 19.2 Å². The maximum atomic E-state index is 12.6. The molecule has 3 heterocycles. The first-order chi connectivity index (χ1) is 13.2. The van der Waals surface area contributed by atoms with Gasteiger partial charge in [-0.2, -0.15) is 0 Å². The predicted molar refractivity (Wildman–Crippen MR) is 101 cm³/mol. The van der Waals surface area contributed by atoms with Crippen LogP contribution in [0.25, 0.3) is 0 Å². The monoisotopic (exact) mass is 445 g/mol. The second-order valence-electron chi connectivity index (χ2n) is 5.55. The van der Waals surface area contributed by atoms with Gasteiger partial charge in [0.15, 0.2) is 5.13 Å². The Hall–Kier alpha value is -2.64. The van der Waals surface area contributed by atoms with Crippen LogP contribution in [0.1, 0.15) is 5.69 Å². The number of rotatable bonds is 6. The van der Waals surface area contributed by atoms with E-state index < -0.39 is 41.7 Å². The fourth-order valence-electron chi connectivity index (χ4n) is 2.60. The van der Waals surface area contributed by atoms with E-state index in [1.165, 1.54) is 17.1 Å². The summed E-state index contributed by atoms with van der Waals surface area (Å²) in [5, 5.41) is 21.5. The van der Waals surface area contributed by atoms with Crippen molar-refractivity contribution in [2.45, 2.75) is 11.4 Å². The predicted octanol–water partition coefficient (Wildman–Crippen LogP) is -0.466. The first-order valence-corrected chi connectivity index (χ1v) is 9.86. The Morgan fingerprint density at radius 1 is 1.43 bits per heavy atom. The van der Waals surface area contributed by atoms with Gasteiger partial charge in [0.05, 0.1) is 5.03 Å². The number of carbonyl (C=O) groups is 4. The minimum Gasteiger partial charge on any atom is -0.480 e. The number of β-lactam (4-membered cyclic amide) rings is 1. The zero-order valence-electron chi connectivity index (χ0n) is 13.8. The van der Waals surface area contributed by atoms with Crippen molar-refractivity contribution in [3.63, 3.8) is 0 Å². The van der Waals surface area contributed by atoms with E-state index in [4.69, 9.17) is 22.4 Å². The molecule has 2 atom stereocenters. The number of nitrogens with one attached hydrogen (secondary N) is 1. The lowest BCUT2D eigenvalue weighted by Gasteiger charge is -2.48. The highest BCUT2D eigenvalue weighted by Gasteiger charge is 2.54. The van der Waals surface area contributed by atoms with Crippen molar-refractivity contribution in [2.24, 2.45) is 4.99 Å². The molecule has 0 aliphatic carbocycles. The molecule has 2 amide bonds. The zero-order chi connectivity index (χ0) is 20.6. The van der Waals surface area contributed by atoms with Crippen molar-refractivity contribution in [3.05, 3.63) is 21.8 Å². The molecule has 1 fully saturated rings. The number of halogens is 1. The molecule has 1 aromatic rings. The quantitative estimate of drug-likeness (QED) is 0.333. The van der Waals surface area contributed by atoms with Crippen LogP contribution < -0.4 is 11.1 Å². The second kappa shape index (κ2) is 7.77. The van der Waals surface area contributed by atoms with Gasteiger partial charge in [-0.3, -0.25) is 24.3 Å². The number of aliphatic imine (C=N–C) groups is 1. The first-order valence-electron chi connectivity index (χ1n) is 7.55. The summed E-state index contributed by atoms with van der Waals surface area (Å²) < 4.78 is 0. The lowest BCUT2D eigenvalue weighted by Crippen LogP contribution is -2.71. The van der Waals surface area contributed by atoms with Crippen LogP contribution >= 0.6 is 34.7 Å². The summed E-state index contributed by atoms with van der Waals surface area (Å²) in [5.41, 5.74) is 5.03. The molecule has 14 heteroatoms. The van der Waals surface area contributed by atoms with E-state index in [0.717, 1.165) is 16.2 Å². The minimum absolute atomic E-state index is 0.0357. The number of hydrogen-bond donors (Lipinski definition) is 4. The maximum absolute atomic E-state index is 12.6. The van der Waals surface area contributed by atoms with E-state index >= 15 is 0 Å². The smallest absolute Gasteiger partial charge is 0.353 e. The van der Waals surface area contributed by atoms with Crippen LogP contribution in [0.4, 0.5) is 5.13 Å². The molecule has 3 rings (SSSR count). The summed E-state index contributed by atoms with van der Waals surface area (Å²) in [6, 6.07) is -1.01. The molecule has 0 radical (unpaired) electrons. The second-order valence-corrected chi connectivity index (χ2v) is 8.00. The number of nitrogens with zero attached hydrogens (tertiary/aromatic N) is 3. The fourth-order valence-corrected chi connectivity index (χ4v) is 4.70. The van der Waals surface area contributed by atoms with E-state index in [1.54, 1.807) is 0 Å². The molecule has 0 aromatic carbocycles. The number of fused-ring (bicyclic) bond motifs is 1. The van der Waals surface area contributed by atoms with Gasteiger partial charge in [-0.1, -0.05) is 11.6 Å². The zero-order valence-corrected chi connectivity index (χ0v) is 16.2. The molecule has 148 valence electrons. The Kier molecular flexibility index (Phi) is 5.58. The van der Waals surface area contributed by atoms with Crippen LogP contribution in [-0.4, -0.2) is 73.3 Å². The number of thiazole rings is 1. The molecule has 11 nitrogen and oxygen atoms in total. The molecule has 28 heavy (non-hydrogen) atoms. The lowest BCUT2D eigenvalue weighted by atomic mass is 10.0. The Labute approximate surface area is 170 Å². The van der Waals surface area contributed by atoms with Crippen molar-refractivity contribution in [2.75, 3.05) is 18.0 Å². The molecule has 0 bridgehead atoms. The van der Waals surface area contributed by atoms with Gasteiger partial charge in [0.25, 0.3) is 11.8 Å². The highest BCUT2D eigenvalue weighted by atomic mass is 35.5. The molecular formula is C14H12ClN5O6S2. The number of nitrogen functional groups attached to an aromatic ring is 1. The molecule has 5 N–H and O–H groups in total. The van der Waals surface area contributed by atoms with E-state index in [9.17, 15) is 24.3 Å². The molecule has 0 spiro atoms. The summed E-state index contributed by atoms with van der Waals surface area (Å²) in [7, 11) is 0. The number of carboxylic acid groups (broad SMARTS) is 2. The topological polar surface area (TPSA) is 175 Å². The summed E-state index contributed by atoms with van der Waals surface area (Å²) in [6.07, 6.45) is 0. The lowest BCUT2D eigenvalue weighted by molar-refractivity contribution is -0.150. The number of thioether (sulfide) groups is 1. The maximum Gasteiger partial charge on any atom is 0.353 e. The van der Waals surface area contributed by atoms with E-state index in [-0.39, 0.29) is 33.0 Å². The van der Waals surface area contributed by atoms with Gasteiger partial charge in [0, 0.05) is 11.1 Å². The number of aliphatic carboxylic acids is 2. The molecular weight excluding hydrogens is 434 g/mol. The van der Waals surface area contributed by atoms with Crippen LogP contribution in [0.15, 0.2) is 21.1 Å². The van der Waals surface area contributed by atoms with Gasteiger partial charge in [-0.05, 0) is 0 Å². The summed E-state index contributed by atoms with van der Waals surface area (Å²) in [6.45, 7) is -0.676. The largest absolute Gasteiger partial charge is 0.480 e. The Balaban J connectivity index is 1.80. The van der Waals surface area contributed by atoms with Crippen molar-refractivity contribution in [1.82, 2.24) is 15.2 Å². The highest BCUT2D eigenvalue weighted by molar-refractivity contribution is 8.00. The minimum atomic E-state index is -1.34.